The lowest BCUT2D eigenvalue weighted by Crippen LogP contribution is -2.53. The van der Waals surface area contributed by atoms with Crippen LogP contribution in [0.3, 0.4) is 0 Å². The molecule has 2 N–H and O–H groups in total. The summed E-state index contributed by atoms with van der Waals surface area (Å²) in [5.41, 5.74) is 1.53. The number of rotatable bonds is 2. The van der Waals surface area contributed by atoms with Gasteiger partial charge in [-0.25, -0.2) is 0 Å². The Labute approximate surface area is 110 Å². The minimum Gasteiger partial charge on any atom is -0.385 e. The Morgan fingerprint density at radius 2 is 1.78 bits per heavy atom. The largest absolute Gasteiger partial charge is 0.385 e. The first-order valence-corrected chi connectivity index (χ1v) is 6.90. The molecule has 1 aliphatic heterocycles. The molecule has 1 atom stereocenters. The summed E-state index contributed by atoms with van der Waals surface area (Å²) in [4.78, 5) is 0. The number of benzene rings is 1. The van der Waals surface area contributed by atoms with Gasteiger partial charge in [-0.15, -0.1) is 0 Å². The van der Waals surface area contributed by atoms with Gasteiger partial charge in [-0.3, -0.25) is 0 Å². The lowest BCUT2D eigenvalue weighted by atomic mass is 9.67. The number of piperidine rings is 1. The number of hydrogen-bond acceptors (Lipinski definition) is 2. The van der Waals surface area contributed by atoms with Crippen LogP contribution in [-0.4, -0.2) is 18.2 Å². The van der Waals surface area contributed by atoms with Crippen molar-refractivity contribution in [3.8, 4) is 0 Å². The number of nitrogens with one attached hydrogen (secondary N) is 1. The molecule has 1 saturated heterocycles. The fourth-order valence-corrected chi connectivity index (χ4v) is 2.83. The van der Waals surface area contributed by atoms with E-state index < -0.39 is 5.60 Å². The highest BCUT2D eigenvalue weighted by atomic mass is 16.3. The quantitative estimate of drug-likeness (QED) is 0.842. The van der Waals surface area contributed by atoms with Crippen LogP contribution in [0.2, 0.25) is 0 Å². The van der Waals surface area contributed by atoms with E-state index in [4.69, 9.17) is 0 Å². The monoisotopic (exact) mass is 247 g/mol. The molecule has 0 amide bonds. The van der Waals surface area contributed by atoms with Crippen molar-refractivity contribution in [2.75, 3.05) is 13.1 Å². The molecule has 1 unspecified atom stereocenters. The van der Waals surface area contributed by atoms with Crippen LogP contribution < -0.4 is 5.32 Å². The van der Waals surface area contributed by atoms with Crippen molar-refractivity contribution in [1.29, 1.82) is 0 Å². The second-order valence-corrected chi connectivity index (χ2v) is 6.45. The summed E-state index contributed by atoms with van der Waals surface area (Å²) in [5.74, 6) is 0.537. The van der Waals surface area contributed by atoms with E-state index >= 15 is 0 Å². The molecule has 0 radical (unpaired) electrons. The van der Waals surface area contributed by atoms with Gasteiger partial charge in [-0.2, -0.15) is 0 Å². The molecule has 2 heteroatoms. The topological polar surface area (TPSA) is 32.3 Å². The average Bonchev–Trinajstić information content (AvgIpc) is 2.33. The molecule has 0 aliphatic carbocycles. The normalized spacial score (nSPS) is 27.4. The Morgan fingerprint density at radius 3 is 2.28 bits per heavy atom. The van der Waals surface area contributed by atoms with Gasteiger partial charge in [0.2, 0.25) is 0 Å². The molecule has 2 rings (SSSR count). The predicted octanol–water partition coefficient (Wildman–Crippen LogP) is 3.02. The molecule has 0 saturated carbocycles. The smallest absolute Gasteiger partial charge is 0.0971 e. The summed E-state index contributed by atoms with van der Waals surface area (Å²) >= 11 is 0. The summed E-state index contributed by atoms with van der Waals surface area (Å²) in [6, 6.07) is 8.50. The Bertz CT molecular complexity index is 408. The third-order valence-electron chi connectivity index (χ3n) is 4.41. The first-order valence-electron chi connectivity index (χ1n) is 6.90. The van der Waals surface area contributed by atoms with Gasteiger partial charge in [0.1, 0.15) is 0 Å². The highest BCUT2D eigenvalue weighted by Crippen LogP contribution is 2.43. The zero-order valence-corrected chi connectivity index (χ0v) is 12.0. The Balaban J connectivity index is 2.34. The summed E-state index contributed by atoms with van der Waals surface area (Å²) in [6.07, 6.45) is 0.779. The Morgan fingerprint density at radius 1 is 1.17 bits per heavy atom. The van der Waals surface area contributed by atoms with Gasteiger partial charge in [0.15, 0.2) is 0 Å². The molecule has 1 aromatic carbocycles. The van der Waals surface area contributed by atoms with E-state index in [0.717, 1.165) is 25.1 Å². The van der Waals surface area contributed by atoms with Crippen molar-refractivity contribution in [2.24, 2.45) is 5.41 Å². The van der Waals surface area contributed by atoms with Crippen LogP contribution in [0.15, 0.2) is 24.3 Å². The van der Waals surface area contributed by atoms with Gasteiger partial charge in [0, 0.05) is 12.0 Å². The number of hydrogen-bond donors (Lipinski definition) is 2. The molecule has 0 spiro atoms. The summed E-state index contributed by atoms with van der Waals surface area (Å²) < 4.78 is 0. The molecule has 1 fully saturated rings. The van der Waals surface area contributed by atoms with Crippen molar-refractivity contribution in [3.05, 3.63) is 35.4 Å². The molecular weight excluding hydrogens is 222 g/mol. The summed E-state index contributed by atoms with van der Waals surface area (Å²) in [5, 5.41) is 14.4. The lowest BCUT2D eigenvalue weighted by Gasteiger charge is -2.47. The van der Waals surface area contributed by atoms with Crippen LogP contribution in [0, 0.1) is 5.41 Å². The maximum atomic E-state index is 11.1. The van der Waals surface area contributed by atoms with Crippen molar-refractivity contribution in [1.82, 2.24) is 5.32 Å². The van der Waals surface area contributed by atoms with Gasteiger partial charge < -0.3 is 10.4 Å². The minimum atomic E-state index is -0.715. The fraction of sp³-hybridized carbons (Fsp3) is 0.625. The first kappa shape index (κ1) is 13.6. The minimum absolute atomic E-state index is 0.134. The van der Waals surface area contributed by atoms with Crippen LogP contribution in [0.5, 0.6) is 0 Å². The standard InChI is InChI=1S/C16H25NO/c1-12(2)13-5-7-14(8-6-13)16(18)9-10-17-11-15(16,3)4/h5-8,12,17-18H,9-11H2,1-4H3. The van der Waals surface area contributed by atoms with E-state index in [0.29, 0.717) is 5.92 Å². The van der Waals surface area contributed by atoms with Crippen molar-refractivity contribution < 1.29 is 5.11 Å². The summed E-state index contributed by atoms with van der Waals surface area (Å²) in [7, 11) is 0. The fourth-order valence-electron chi connectivity index (χ4n) is 2.83. The van der Waals surface area contributed by atoms with Crippen LogP contribution in [0.25, 0.3) is 0 Å². The Kier molecular flexibility index (Phi) is 3.52. The third-order valence-corrected chi connectivity index (χ3v) is 4.41. The molecular formula is C16H25NO. The molecule has 1 heterocycles. The van der Waals surface area contributed by atoms with Crippen molar-refractivity contribution in [2.45, 2.75) is 45.6 Å². The van der Waals surface area contributed by atoms with E-state index in [2.05, 4.69) is 57.3 Å². The van der Waals surface area contributed by atoms with E-state index in [1.165, 1.54) is 5.56 Å². The van der Waals surface area contributed by atoms with Gasteiger partial charge in [-0.05, 0) is 30.0 Å². The SMILES string of the molecule is CC(C)c1ccc(C2(O)CCNCC2(C)C)cc1. The van der Waals surface area contributed by atoms with Crippen LogP contribution in [-0.2, 0) is 5.60 Å². The summed E-state index contributed by atoms with van der Waals surface area (Å²) in [6.45, 7) is 10.4. The molecule has 1 aliphatic rings. The van der Waals surface area contributed by atoms with E-state index in [9.17, 15) is 5.11 Å². The van der Waals surface area contributed by atoms with Crippen LogP contribution >= 0.6 is 0 Å². The molecule has 0 bridgehead atoms. The second kappa shape index (κ2) is 4.67. The zero-order valence-electron chi connectivity index (χ0n) is 12.0. The van der Waals surface area contributed by atoms with Gasteiger partial charge >= 0.3 is 0 Å². The highest BCUT2D eigenvalue weighted by Gasteiger charge is 2.46. The second-order valence-electron chi connectivity index (χ2n) is 6.45. The maximum Gasteiger partial charge on any atom is 0.0971 e. The lowest BCUT2D eigenvalue weighted by molar-refractivity contribution is -0.0944. The van der Waals surface area contributed by atoms with Crippen LogP contribution in [0.1, 0.15) is 51.2 Å². The van der Waals surface area contributed by atoms with E-state index in [1.54, 1.807) is 0 Å². The zero-order chi connectivity index (χ0) is 13.4. The maximum absolute atomic E-state index is 11.1. The van der Waals surface area contributed by atoms with Gasteiger partial charge in [-0.1, -0.05) is 52.0 Å². The van der Waals surface area contributed by atoms with Gasteiger partial charge in [0.25, 0.3) is 0 Å². The highest BCUT2D eigenvalue weighted by molar-refractivity contribution is 5.31. The molecule has 0 aromatic heterocycles. The third kappa shape index (κ3) is 2.19. The van der Waals surface area contributed by atoms with Crippen LogP contribution in [0.4, 0.5) is 0 Å². The van der Waals surface area contributed by atoms with Gasteiger partial charge in [0.05, 0.1) is 5.60 Å². The molecule has 2 nitrogen and oxygen atoms in total. The van der Waals surface area contributed by atoms with E-state index in [-0.39, 0.29) is 5.41 Å². The molecule has 18 heavy (non-hydrogen) atoms. The Hall–Kier alpha value is -0.860. The predicted molar refractivity (Wildman–Crippen MR) is 75.7 cm³/mol. The molecule has 100 valence electrons. The van der Waals surface area contributed by atoms with Crippen molar-refractivity contribution in [3.63, 3.8) is 0 Å². The molecule has 1 aromatic rings. The number of aliphatic hydroxyl groups is 1. The first-order chi connectivity index (χ1) is 8.37. The average molecular weight is 247 g/mol. The van der Waals surface area contributed by atoms with Crippen molar-refractivity contribution >= 4 is 0 Å². The van der Waals surface area contributed by atoms with E-state index in [1.807, 2.05) is 0 Å².